The molecule has 0 spiro atoms. The molecular formula is C21H24N2O2S2. The lowest BCUT2D eigenvalue weighted by Crippen LogP contribution is -2.37. The highest BCUT2D eigenvalue weighted by Gasteiger charge is 2.52. The summed E-state index contributed by atoms with van der Waals surface area (Å²) in [4.78, 5) is 4.08. The summed E-state index contributed by atoms with van der Waals surface area (Å²) in [5.74, 6) is 0.299. The van der Waals surface area contributed by atoms with E-state index >= 15 is 0 Å². The highest BCUT2D eigenvalue weighted by molar-refractivity contribution is 7.91. The summed E-state index contributed by atoms with van der Waals surface area (Å²) in [7, 11) is -3.08. The summed E-state index contributed by atoms with van der Waals surface area (Å²) in [6.45, 7) is 4.24. The fourth-order valence-electron chi connectivity index (χ4n) is 4.09. The molecule has 0 aliphatic carbocycles. The molecule has 2 aliphatic rings. The van der Waals surface area contributed by atoms with Crippen molar-refractivity contribution >= 4 is 38.5 Å². The van der Waals surface area contributed by atoms with Crippen molar-refractivity contribution in [3.05, 3.63) is 59.7 Å². The Morgan fingerprint density at radius 3 is 1.52 bits per heavy atom. The summed E-state index contributed by atoms with van der Waals surface area (Å²) >= 11 is 5.83. The number of sulfone groups is 1. The van der Waals surface area contributed by atoms with Gasteiger partial charge in [-0.15, -0.1) is 0 Å². The van der Waals surface area contributed by atoms with Crippen LogP contribution in [0.3, 0.4) is 0 Å². The van der Waals surface area contributed by atoms with E-state index in [9.17, 15) is 8.42 Å². The van der Waals surface area contributed by atoms with Gasteiger partial charge in [-0.2, -0.15) is 0 Å². The number of nitrogens with zero attached hydrogens (tertiary/aromatic N) is 2. The van der Waals surface area contributed by atoms with Crippen molar-refractivity contribution in [2.45, 2.75) is 38.8 Å². The van der Waals surface area contributed by atoms with Crippen molar-refractivity contribution in [3.8, 4) is 0 Å². The lowest BCUT2D eigenvalue weighted by atomic mass is 10.1. The van der Waals surface area contributed by atoms with Crippen molar-refractivity contribution in [2.24, 2.45) is 0 Å². The first-order valence-electron chi connectivity index (χ1n) is 9.44. The molecule has 2 aliphatic heterocycles. The second-order valence-corrected chi connectivity index (χ2v) is 9.79. The molecule has 0 bridgehead atoms. The van der Waals surface area contributed by atoms with Crippen molar-refractivity contribution in [2.75, 3.05) is 21.3 Å². The van der Waals surface area contributed by atoms with Crippen LogP contribution in [0, 0.1) is 0 Å². The first kappa shape index (κ1) is 18.4. The summed E-state index contributed by atoms with van der Waals surface area (Å²) in [5, 5.41) is 0.688. The first-order chi connectivity index (χ1) is 12.9. The molecule has 2 saturated heterocycles. The molecule has 6 heteroatoms. The molecule has 2 aromatic rings. The lowest BCUT2D eigenvalue weighted by Gasteiger charge is -2.26. The maximum atomic E-state index is 12.4. The number of rotatable bonds is 4. The van der Waals surface area contributed by atoms with Gasteiger partial charge in [-0.25, -0.2) is 8.42 Å². The smallest absolute Gasteiger partial charge is 0.181 e. The van der Waals surface area contributed by atoms with Crippen LogP contribution in [0.5, 0.6) is 0 Å². The maximum absolute atomic E-state index is 12.4. The Kier molecular flexibility index (Phi) is 4.72. The van der Waals surface area contributed by atoms with E-state index in [-0.39, 0.29) is 23.6 Å². The third kappa shape index (κ3) is 3.25. The van der Waals surface area contributed by atoms with Gasteiger partial charge in [0, 0.05) is 11.4 Å². The SMILES string of the molecule is CCc1ccc(N2C(=S)N(c3ccc(CC)cc3)C3CS(=O)(=O)CC32)cc1. The molecule has 4 rings (SSSR count). The Hall–Kier alpha value is -1.92. The van der Waals surface area contributed by atoms with Crippen LogP contribution in [0.4, 0.5) is 11.4 Å². The van der Waals surface area contributed by atoms with E-state index in [0.29, 0.717) is 5.11 Å². The molecule has 0 N–H and O–H groups in total. The van der Waals surface area contributed by atoms with Gasteiger partial charge in [0.05, 0.1) is 23.6 Å². The molecule has 0 saturated carbocycles. The van der Waals surface area contributed by atoms with Crippen molar-refractivity contribution in [1.82, 2.24) is 0 Å². The topological polar surface area (TPSA) is 40.6 Å². The van der Waals surface area contributed by atoms with Gasteiger partial charge in [0.25, 0.3) is 0 Å². The predicted molar refractivity (Wildman–Crippen MR) is 115 cm³/mol. The highest BCUT2D eigenvalue weighted by atomic mass is 32.2. The number of hydrogen-bond donors (Lipinski definition) is 0. The maximum Gasteiger partial charge on any atom is 0.181 e. The third-order valence-electron chi connectivity index (χ3n) is 5.61. The van der Waals surface area contributed by atoms with Gasteiger partial charge in [0.1, 0.15) is 0 Å². The van der Waals surface area contributed by atoms with Gasteiger partial charge in [0.2, 0.25) is 0 Å². The van der Waals surface area contributed by atoms with Gasteiger partial charge < -0.3 is 9.80 Å². The Morgan fingerprint density at radius 1 is 0.815 bits per heavy atom. The third-order valence-corrected chi connectivity index (χ3v) is 7.71. The van der Waals surface area contributed by atoms with Crippen LogP contribution in [0.15, 0.2) is 48.5 Å². The van der Waals surface area contributed by atoms with E-state index in [0.717, 1.165) is 24.2 Å². The van der Waals surface area contributed by atoms with Crippen LogP contribution in [0.25, 0.3) is 0 Å². The van der Waals surface area contributed by atoms with E-state index < -0.39 is 9.84 Å². The monoisotopic (exact) mass is 400 g/mol. The molecule has 0 amide bonds. The second-order valence-electron chi connectivity index (χ2n) is 7.27. The molecule has 142 valence electrons. The summed E-state index contributed by atoms with van der Waals surface area (Å²) in [5.41, 5.74) is 4.45. The average molecular weight is 401 g/mol. The Morgan fingerprint density at radius 2 is 1.19 bits per heavy atom. The number of fused-ring (bicyclic) bond motifs is 1. The van der Waals surface area contributed by atoms with E-state index in [1.165, 1.54) is 11.1 Å². The van der Waals surface area contributed by atoms with Crippen LogP contribution in [-0.2, 0) is 22.7 Å². The standard InChI is InChI=1S/C21H24N2O2S2/c1-3-15-5-9-17(10-6-15)22-19-13-27(24,25)14-20(19)23(21(22)26)18-11-7-16(4-2)8-12-18/h5-12,19-20H,3-4,13-14H2,1-2H3. The molecule has 2 heterocycles. The number of aryl methyl sites for hydroxylation is 2. The molecular weight excluding hydrogens is 376 g/mol. The summed E-state index contributed by atoms with van der Waals surface area (Å²) in [6.07, 6.45) is 1.95. The van der Waals surface area contributed by atoms with Gasteiger partial charge in [-0.3, -0.25) is 0 Å². The normalized spacial score (nSPS) is 23.7. The molecule has 2 atom stereocenters. The second kappa shape index (κ2) is 6.91. The van der Waals surface area contributed by atoms with Gasteiger partial charge in [-0.1, -0.05) is 38.1 Å². The minimum atomic E-state index is -3.08. The fraction of sp³-hybridized carbons (Fsp3) is 0.381. The largest absolute Gasteiger partial charge is 0.312 e. The van der Waals surface area contributed by atoms with Crippen LogP contribution in [0.1, 0.15) is 25.0 Å². The van der Waals surface area contributed by atoms with Gasteiger partial charge >= 0.3 is 0 Å². The zero-order valence-corrected chi connectivity index (χ0v) is 17.3. The van der Waals surface area contributed by atoms with E-state index in [4.69, 9.17) is 12.2 Å². The lowest BCUT2D eigenvalue weighted by molar-refractivity contribution is 0.601. The van der Waals surface area contributed by atoms with E-state index in [1.54, 1.807) is 0 Å². The zero-order valence-electron chi connectivity index (χ0n) is 15.6. The van der Waals surface area contributed by atoms with Gasteiger partial charge in [0.15, 0.2) is 14.9 Å². The number of hydrogen-bond acceptors (Lipinski definition) is 3. The van der Waals surface area contributed by atoms with Crippen LogP contribution >= 0.6 is 12.2 Å². The number of thiocarbonyl (C=S) groups is 1. The van der Waals surface area contributed by atoms with Gasteiger partial charge in [-0.05, 0) is 60.5 Å². The molecule has 4 nitrogen and oxygen atoms in total. The van der Waals surface area contributed by atoms with Crippen molar-refractivity contribution in [3.63, 3.8) is 0 Å². The minimum absolute atomic E-state index is 0.138. The molecule has 2 fully saturated rings. The molecule has 0 aromatic heterocycles. The van der Waals surface area contributed by atoms with E-state index in [1.807, 2.05) is 9.80 Å². The summed E-state index contributed by atoms with van der Waals surface area (Å²) < 4.78 is 24.8. The Bertz CT molecular complexity index is 881. The van der Waals surface area contributed by atoms with Crippen LogP contribution < -0.4 is 9.80 Å². The summed E-state index contributed by atoms with van der Waals surface area (Å²) in [6, 6.07) is 16.3. The van der Waals surface area contributed by atoms with Crippen LogP contribution in [-0.4, -0.2) is 37.1 Å². The number of benzene rings is 2. The predicted octanol–water partition coefficient (Wildman–Crippen LogP) is 3.59. The molecule has 2 aromatic carbocycles. The van der Waals surface area contributed by atoms with Crippen molar-refractivity contribution in [1.29, 1.82) is 0 Å². The van der Waals surface area contributed by atoms with Crippen molar-refractivity contribution < 1.29 is 8.42 Å². The van der Waals surface area contributed by atoms with Crippen LogP contribution in [0.2, 0.25) is 0 Å². The fourth-order valence-corrected chi connectivity index (χ4v) is 6.49. The molecule has 27 heavy (non-hydrogen) atoms. The first-order valence-corrected chi connectivity index (χ1v) is 11.7. The number of anilines is 2. The highest BCUT2D eigenvalue weighted by Crippen LogP contribution is 2.38. The average Bonchev–Trinajstić information content (AvgIpc) is 3.10. The Labute approximate surface area is 166 Å². The minimum Gasteiger partial charge on any atom is -0.312 e. The quantitative estimate of drug-likeness (QED) is 0.734. The molecule has 0 radical (unpaired) electrons. The van der Waals surface area contributed by atoms with E-state index in [2.05, 4.69) is 62.4 Å². The zero-order chi connectivity index (χ0) is 19.2. The Balaban J connectivity index is 1.75. The molecule has 2 unspecified atom stereocenters.